The number of hydrogen-bond donors (Lipinski definition) is 2. The zero-order chi connectivity index (χ0) is 18.8. The van der Waals surface area contributed by atoms with Gasteiger partial charge in [-0.1, -0.05) is 0 Å². The summed E-state index contributed by atoms with van der Waals surface area (Å²) >= 11 is 0. The van der Waals surface area contributed by atoms with Gasteiger partial charge in [0.05, 0.1) is 17.1 Å². The summed E-state index contributed by atoms with van der Waals surface area (Å²) in [5, 5.41) is 28.1. The van der Waals surface area contributed by atoms with Crippen LogP contribution >= 0.6 is 0 Å². The first kappa shape index (κ1) is 19.0. The maximum Gasteiger partial charge on any atom is 0.407 e. The summed E-state index contributed by atoms with van der Waals surface area (Å²) in [6, 6.07) is -0.480. The Bertz CT molecular complexity index is 639. The predicted octanol–water partition coefficient (Wildman–Crippen LogP) is 1.18. The Morgan fingerprint density at radius 2 is 2.08 bits per heavy atom. The van der Waals surface area contributed by atoms with Crippen LogP contribution < -0.4 is 10.2 Å². The molecule has 2 heterocycles. The summed E-state index contributed by atoms with van der Waals surface area (Å²) in [4.78, 5) is 24.4. The molecule has 2 N–H and O–H groups in total. The van der Waals surface area contributed by atoms with Crippen LogP contribution in [0.4, 0.5) is 16.3 Å². The summed E-state index contributed by atoms with van der Waals surface area (Å²) < 4.78 is 6.67. The van der Waals surface area contributed by atoms with E-state index in [1.54, 1.807) is 27.8 Å². The third kappa shape index (κ3) is 4.81. The van der Waals surface area contributed by atoms with E-state index in [0.717, 1.165) is 0 Å². The molecule has 0 aromatic carbocycles. The number of aromatic nitrogens is 2. The molecule has 25 heavy (non-hydrogen) atoms. The van der Waals surface area contributed by atoms with Gasteiger partial charge in [-0.2, -0.15) is 5.10 Å². The van der Waals surface area contributed by atoms with Gasteiger partial charge in [0.1, 0.15) is 11.8 Å². The number of aliphatic hydroxyl groups is 1. The van der Waals surface area contributed by atoms with Crippen LogP contribution in [0.1, 0.15) is 33.6 Å². The molecule has 1 aromatic heterocycles. The second kappa shape index (κ2) is 7.26. The SMILES string of the molecule is Cn1ncc([N+](=O)[O-])c1N1CCC(O)C(NC(=O)OC(C)(C)C)CC1. The van der Waals surface area contributed by atoms with E-state index in [2.05, 4.69) is 10.4 Å². The monoisotopic (exact) mass is 355 g/mol. The lowest BCUT2D eigenvalue weighted by atomic mass is 10.1. The fraction of sp³-hybridized carbons (Fsp3) is 0.733. The summed E-state index contributed by atoms with van der Waals surface area (Å²) in [5.74, 6) is 0.398. The highest BCUT2D eigenvalue weighted by Gasteiger charge is 2.31. The van der Waals surface area contributed by atoms with E-state index < -0.39 is 28.8 Å². The van der Waals surface area contributed by atoms with Gasteiger partial charge in [0.2, 0.25) is 5.82 Å². The Labute approximate surface area is 145 Å². The van der Waals surface area contributed by atoms with Crippen LogP contribution in [0.2, 0.25) is 0 Å². The minimum atomic E-state index is -0.759. The number of ether oxygens (including phenoxy) is 1. The number of carbonyl (C=O) groups is 1. The van der Waals surface area contributed by atoms with Crippen molar-refractivity contribution < 1.29 is 19.6 Å². The molecule has 0 aliphatic carbocycles. The normalized spacial score (nSPS) is 21.6. The molecule has 1 fully saturated rings. The highest BCUT2D eigenvalue weighted by Crippen LogP contribution is 2.29. The molecule has 1 aromatic rings. The molecule has 0 radical (unpaired) electrons. The number of hydrogen-bond acceptors (Lipinski definition) is 7. The highest BCUT2D eigenvalue weighted by molar-refractivity contribution is 5.68. The third-order valence-electron chi connectivity index (χ3n) is 3.96. The van der Waals surface area contributed by atoms with Gasteiger partial charge in [0, 0.05) is 20.1 Å². The molecule has 2 rings (SSSR count). The number of aliphatic hydroxyl groups excluding tert-OH is 1. The lowest BCUT2D eigenvalue weighted by Crippen LogP contribution is -2.45. The smallest absolute Gasteiger partial charge is 0.407 e. The average molecular weight is 355 g/mol. The molecule has 0 spiro atoms. The molecular weight excluding hydrogens is 330 g/mol. The standard InChI is InChI=1S/C15H25N5O5/c1-15(2,3)25-14(22)17-10-5-7-19(8-6-12(10)21)13-11(20(23)24)9-16-18(13)4/h9-10,12,21H,5-8H2,1-4H3,(H,17,22). The number of carbonyl (C=O) groups excluding carboxylic acids is 1. The van der Waals surface area contributed by atoms with Gasteiger partial charge in [-0.3, -0.25) is 10.1 Å². The van der Waals surface area contributed by atoms with E-state index in [9.17, 15) is 20.0 Å². The van der Waals surface area contributed by atoms with Crippen molar-refractivity contribution in [3.8, 4) is 0 Å². The van der Waals surface area contributed by atoms with Crippen molar-refractivity contribution in [1.82, 2.24) is 15.1 Å². The van der Waals surface area contributed by atoms with E-state index >= 15 is 0 Å². The van der Waals surface area contributed by atoms with Crippen LogP contribution in [0.15, 0.2) is 6.20 Å². The van der Waals surface area contributed by atoms with Gasteiger partial charge < -0.3 is 20.1 Å². The molecule has 10 nitrogen and oxygen atoms in total. The predicted molar refractivity (Wildman–Crippen MR) is 90.5 cm³/mol. The first-order chi connectivity index (χ1) is 11.6. The van der Waals surface area contributed by atoms with Crippen LogP contribution in [0, 0.1) is 10.1 Å². The number of amides is 1. The number of anilines is 1. The molecule has 2 unspecified atom stereocenters. The number of aryl methyl sites for hydroxylation is 1. The number of alkyl carbamates (subject to hydrolysis) is 1. The third-order valence-corrected chi connectivity index (χ3v) is 3.96. The van der Waals surface area contributed by atoms with Gasteiger partial charge in [-0.25, -0.2) is 9.48 Å². The van der Waals surface area contributed by atoms with Gasteiger partial charge >= 0.3 is 11.8 Å². The first-order valence-corrected chi connectivity index (χ1v) is 8.17. The minimum Gasteiger partial charge on any atom is -0.444 e. The Balaban J connectivity index is 2.07. The second-order valence-electron chi connectivity index (χ2n) is 7.12. The summed E-state index contributed by atoms with van der Waals surface area (Å²) in [5.41, 5.74) is -0.697. The van der Waals surface area contributed by atoms with Crippen LogP contribution in [0.25, 0.3) is 0 Å². The molecule has 1 saturated heterocycles. The van der Waals surface area contributed by atoms with Crippen molar-refractivity contribution in [2.45, 2.75) is 51.4 Å². The summed E-state index contributed by atoms with van der Waals surface area (Å²) in [7, 11) is 1.64. The fourth-order valence-electron chi connectivity index (χ4n) is 2.84. The van der Waals surface area contributed by atoms with E-state index in [-0.39, 0.29) is 5.69 Å². The molecule has 0 saturated carbocycles. The maximum atomic E-state index is 11.9. The van der Waals surface area contributed by atoms with Gasteiger partial charge in [-0.05, 0) is 33.6 Å². The van der Waals surface area contributed by atoms with Crippen molar-refractivity contribution in [2.75, 3.05) is 18.0 Å². The zero-order valence-corrected chi connectivity index (χ0v) is 14.9. The molecule has 1 aliphatic heterocycles. The minimum absolute atomic E-state index is 0.0736. The van der Waals surface area contributed by atoms with Gasteiger partial charge in [-0.15, -0.1) is 0 Å². The van der Waals surface area contributed by atoms with Crippen molar-refractivity contribution in [1.29, 1.82) is 0 Å². The molecule has 0 bridgehead atoms. The molecule has 1 aliphatic rings. The second-order valence-corrected chi connectivity index (χ2v) is 7.12. The van der Waals surface area contributed by atoms with Crippen LogP contribution in [-0.4, -0.2) is 56.7 Å². The molecule has 1 amide bonds. The Morgan fingerprint density at radius 1 is 1.44 bits per heavy atom. The van der Waals surface area contributed by atoms with Crippen molar-refractivity contribution in [3.05, 3.63) is 16.3 Å². The number of nitro groups is 1. The van der Waals surface area contributed by atoms with Gasteiger partial charge in [0.15, 0.2) is 0 Å². The Morgan fingerprint density at radius 3 is 2.68 bits per heavy atom. The van der Waals surface area contributed by atoms with Gasteiger partial charge in [0.25, 0.3) is 0 Å². The summed E-state index contributed by atoms with van der Waals surface area (Å²) in [6.07, 6.45) is 0.667. The van der Waals surface area contributed by atoms with Crippen LogP contribution in [0.5, 0.6) is 0 Å². The van der Waals surface area contributed by atoms with Crippen molar-refractivity contribution >= 4 is 17.6 Å². The Kier molecular flexibility index (Phi) is 5.51. The maximum absolute atomic E-state index is 11.9. The van der Waals surface area contributed by atoms with Crippen LogP contribution in [0.3, 0.4) is 0 Å². The van der Waals surface area contributed by atoms with Crippen molar-refractivity contribution in [3.63, 3.8) is 0 Å². The largest absolute Gasteiger partial charge is 0.444 e. The van der Waals surface area contributed by atoms with E-state index in [1.165, 1.54) is 10.9 Å². The summed E-state index contributed by atoms with van der Waals surface area (Å²) in [6.45, 7) is 6.16. The quantitative estimate of drug-likeness (QED) is 0.616. The average Bonchev–Trinajstić information content (AvgIpc) is 2.77. The molecule has 140 valence electrons. The number of nitrogens with one attached hydrogen (secondary N) is 1. The first-order valence-electron chi connectivity index (χ1n) is 8.17. The molecule has 10 heteroatoms. The topological polar surface area (TPSA) is 123 Å². The molecular formula is C15H25N5O5. The lowest BCUT2D eigenvalue weighted by Gasteiger charge is -2.25. The van der Waals surface area contributed by atoms with E-state index in [0.29, 0.717) is 31.7 Å². The van der Waals surface area contributed by atoms with Crippen LogP contribution in [-0.2, 0) is 11.8 Å². The van der Waals surface area contributed by atoms with Crippen molar-refractivity contribution in [2.24, 2.45) is 7.05 Å². The number of nitrogens with zero attached hydrogens (tertiary/aromatic N) is 4. The zero-order valence-electron chi connectivity index (χ0n) is 14.9. The number of rotatable bonds is 3. The lowest BCUT2D eigenvalue weighted by molar-refractivity contribution is -0.384. The highest BCUT2D eigenvalue weighted by atomic mass is 16.6. The van der Waals surface area contributed by atoms with E-state index in [4.69, 9.17) is 4.74 Å². The Hall–Kier alpha value is -2.36. The van der Waals surface area contributed by atoms with E-state index in [1.807, 2.05) is 4.90 Å². The molecule has 2 atom stereocenters. The fourth-order valence-corrected chi connectivity index (χ4v) is 2.84.